The second-order valence-corrected chi connectivity index (χ2v) is 5.79. The van der Waals surface area contributed by atoms with Gasteiger partial charge >= 0.3 is 0 Å². The zero-order chi connectivity index (χ0) is 14.2. The maximum atomic E-state index is 11.6. The van der Waals surface area contributed by atoms with Gasteiger partial charge in [0.1, 0.15) is 5.82 Å². The number of H-pyrrole nitrogens is 1. The number of hydrogen-bond acceptors (Lipinski definition) is 3. The van der Waals surface area contributed by atoms with Crippen LogP contribution in [0.3, 0.4) is 0 Å². The van der Waals surface area contributed by atoms with Crippen LogP contribution < -0.4 is 5.32 Å². The highest BCUT2D eigenvalue weighted by Gasteiger charge is 2.02. The van der Waals surface area contributed by atoms with Crippen LogP contribution in [-0.4, -0.2) is 28.2 Å². The van der Waals surface area contributed by atoms with E-state index in [1.807, 2.05) is 24.3 Å². The van der Waals surface area contributed by atoms with Crippen molar-refractivity contribution in [3.63, 3.8) is 0 Å². The molecule has 0 saturated carbocycles. The highest BCUT2D eigenvalue weighted by molar-refractivity contribution is 7.99. The molecule has 0 fully saturated rings. The number of benzene rings is 1. The van der Waals surface area contributed by atoms with E-state index in [1.165, 1.54) is 0 Å². The zero-order valence-electron chi connectivity index (χ0n) is 10.9. The SMILES string of the molecule is O=C(CCSc1ccc(Cl)cc1)NCCc1ncc[nH]1. The van der Waals surface area contributed by atoms with Crippen LogP contribution in [0.5, 0.6) is 0 Å². The zero-order valence-corrected chi connectivity index (χ0v) is 12.5. The third-order valence-electron chi connectivity index (χ3n) is 2.65. The number of halogens is 1. The van der Waals surface area contributed by atoms with E-state index < -0.39 is 0 Å². The second-order valence-electron chi connectivity index (χ2n) is 4.19. The minimum atomic E-state index is 0.0676. The van der Waals surface area contributed by atoms with Gasteiger partial charge in [-0.15, -0.1) is 11.8 Å². The van der Waals surface area contributed by atoms with Gasteiger partial charge in [0, 0.05) is 47.5 Å². The highest BCUT2D eigenvalue weighted by Crippen LogP contribution is 2.20. The standard InChI is InChI=1S/C14H16ClN3OS/c15-11-1-3-12(4-2-11)20-10-6-14(19)18-7-5-13-16-8-9-17-13/h1-4,8-9H,5-7,10H2,(H,16,17)(H,18,19). The second kappa shape index (κ2) is 7.97. The van der Waals surface area contributed by atoms with E-state index in [1.54, 1.807) is 24.2 Å². The summed E-state index contributed by atoms with van der Waals surface area (Å²) in [5.41, 5.74) is 0. The Kier molecular flexibility index (Phi) is 5.95. The summed E-state index contributed by atoms with van der Waals surface area (Å²) in [4.78, 5) is 19.9. The molecule has 2 aromatic rings. The molecule has 0 bridgehead atoms. The Hall–Kier alpha value is -1.46. The van der Waals surface area contributed by atoms with Crippen LogP contribution in [0.4, 0.5) is 0 Å². The average Bonchev–Trinajstić information content (AvgIpc) is 2.94. The van der Waals surface area contributed by atoms with Crippen molar-refractivity contribution in [1.82, 2.24) is 15.3 Å². The number of thioether (sulfide) groups is 1. The molecular formula is C14H16ClN3OS. The van der Waals surface area contributed by atoms with Crippen molar-refractivity contribution in [2.24, 2.45) is 0 Å². The van der Waals surface area contributed by atoms with E-state index in [0.717, 1.165) is 27.9 Å². The van der Waals surface area contributed by atoms with Crippen LogP contribution >= 0.6 is 23.4 Å². The Bertz CT molecular complexity index is 528. The molecule has 20 heavy (non-hydrogen) atoms. The van der Waals surface area contributed by atoms with E-state index in [0.29, 0.717) is 13.0 Å². The minimum absolute atomic E-state index is 0.0676. The lowest BCUT2D eigenvalue weighted by atomic mass is 10.4. The third-order valence-corrected chi connectivity index (χ3v) is 3.92. The number of hydrogen-bond donors (Lipinski definition) is 2. The summed E-state index contributed by atoms with van der Waals surface area (Å²) in [6.07, 6.45) is 4.72. The lowest BCUT2D eigenvalue weighted by Gasteiger charge is -2.04. The summed E-state index contributed by atoms with van der Waals surface area (Å²) in [7, 11) is 0. The monoisotopic (exact) mass is 309 g/mol. The molecule has 0 radical (unpaired) electrons. The molecule has 0 unspecified atom stereocenters. The first kappa shape index (κ1) is 14.9. The van der Waals surface area contributed by atoms with E-state index in [-0.39, 0.29) is 5.91 Å². The first-order valence-corrected chi connectivity index (χ1v) is 7.74. The van der Waals surface area contributed by atoms with E-state index in [2.05, 4.69) is 15.3 Å². The Morgan fingerprint density at radius 2 is 2.15 bits per heavy atom. The van der Waals surface area contributed by atoms with Crippen LogP contribution in [-0.2, 0) is 11.2 Å². The van der Waals surface area contributed by atoms with Gasteiger partial charge in [-0.2, -0.15) is 0 Å². The summed E-state index contributed by atoms with van der Waals surface area (Å²) in [6.45, 7) is 0.609. The van der Waals surface area contributed by atoms with Crippen LogP contribution in [0, 0.1) is 0 Å². The summed E-state index contributed by atoms with van der Waals surface area (Å²) in [5, 5.41) is 3.61. The maximum absolute atomic E-state index is 11.6. The molecule has 4 nitrogen and oxygen atoms in total. The van der Waals surface area contributed by atoms with Crippen molar-refractivity contribution in [1.29, 1.82) is 0 Å². The Labute approximate surface area is 127 Å². The Balaban J connectivity index is 1.59. The highest BCUT2D eigenvalue weighted by atomic mass is 35.5. The number of aromatic nitrogens is 2. The fourth-order valence-corrected chi connectivity index (χ4v) is 2.61. The number of nitrogens with one attached hydrogen (secondary N) is 2. The van der Waals surface area contributed by atoms with Crippen molar-refractivity contribution in [3.05, 3.63) is 47.5 Å². The number of carbonyl (C=O) groups excluding carboxylic acids is 1. The number of imidazole rings is 1. The van der Waals surface area contributed by atoms with Crippen molar-refractivity contribution < 1.29 is 4.79 Å². The quantitative estimate of drug-likeness (QED) is 0.773. The smallest absolute Gasteiger partial charge is 0.220 e. The normalized spacial score (nSPS) is 10.4. The number of aromatic amines is 1. The fourth-order valence-electron chi connectivity index (χ4n) is 1.64. The van der Waals surface area contributed by atoms with Gasteiger partial charge in [-0.3, -0.25) is 4.79 Å². The summed E-state index contributed by atoms with van der Waals surface area (Å²) < 4.78 is 0. The van der Waals surface area contributed by atoms with Gasteiger partial charge < -0.3 is 10.3 Å². The molecular weight excluding hydrogens is 294 g/mol. The van der Waals surface area contributed by atoms with Crippen LogP contribution in [0.1, 0.15) is 12.2 Å². The first-order valence-electron chi connectivity index (χ1n) is 6.37. The molecule has 0 atom stereocenters. The minimum Gasteiger partial charge on any atom is -0.356 e. The predicted molar refractivity (Wildman–Crippen MR) is 82.1 cm³/mol. The molecule has 6 heteroatoms. The van der Waals surface area contributed by atoms with Crippen molar-refractivity contribution in [3.8, 4) is 0 Å². The van der Waals surface area contributed by atoms with Gasteiger partial charge in [-0.1, -0.05) is 11.6 Å². The van der Waals surface area contributed by atoms with Crippen LogP contribution in [0.15, 0.2) is 41.6 Å². The molecule has 1 aromatic heterocycles. The lowest BCUT2D eigenvalue weighted by molar-refractivity contribution is -0.120. The molecule has 2 rings (SSSR count). The predicted octanol–water partition coefficient (Wildman–Crippen LogP) is 2.90. The Morgan fingerprint density at radius 1 is 1.35 bits per heavy atom. The number of rotatable bonds is 7. The van der Waals surface area contributed by atoms with Crippen LogP contribution in [0.25, 0.3) is 0 Å². The van der Waals surface area contributed by atoms with Crippen molar-refractivity contribution in [2.45, 2.75) is 17.7 Å². The first-order chi connectivity index (χ1) is 9.74. The van der Waals surface area contributed by atoms with Gasteiger partial charge in [0.25, 0.3) is 0 Å². The van der Waals surface area contributed by atoms with Gasteiger partial charge in [-0.25, -0.2) is 4.98 Å². The molecule has 0 aliphatic rings. The Morgan fingerprint density at radius 3 is 2.85 bits per heavy atom. The molecule has 106 valence electrons. The lowest BCUT2D eigenvalue weighted by Crippen LogP contribution is -2.26. The van der Waals surface area contributed by atoms with Crippen molar-refractivity contribution in [2.75, 3.05) is 12.3 Å². The summed E-state index contributed by atoms with van der Waals surface area (Å²) in [6, 6.07) is 7.63. The van der Waals surface area contributed by atoms with E-state index in [4.69, 9.17) is 11.6 Å². The molecule has 1 amide bonds. The fraction of sp³-hybridized carbons (Fsp3) is 0.286. The molecule has 1 heterocycles. The number of carbonyl (C=O) groups is 1. The topological polar surface area (TPSA) is 57.8 Å². The van der Waals surface area contributed by atoms with E-state index in [9.17, 15) is 4.79 Å². The molecule has 0 spiro atoms. The summed E-state index contributed by atoms with van der Waals surface area (Å²) in [5.74, 6) is 1.72. The van der Waals surface area contributed by atoms with Crippen molar-refractivity contribution >= 4 is 29.3 Å². The molecule has 0 saturated heterocycles. The van der Waals surface area contributed by atoms with Gasteiger partial charge in [0.2, 0.25) is 5.91 Å². The van der Waals surface area contributed by atoms with Gasteiger partial charge in [-0.05, 0) is 24.3 Å². The largest absolute Gasteiger partial charge is 0.356 e. The molecule has 0 aliphatic heterocycles. The van der Waals surface area contributed by atoms with Gasteiger partial charge in [0.05, 0.1) is 0 Å². The van der Waals surface area contributed by atoms with Crippen LogP contribution in [0.2, 0.25) is 5.02 Å². The molecule has 1 aromatic carbocycles. The summed E-state index contributed by atoms with van der Waals surface area (Å²) >= 11 is 7.47. The number of amides is 1. The average molecular weight is 310 g/mol. The number of nitrogens with zero attached hydrogens (tertiary/aromatic N) is 1. The maximum Gasteiger partial charge on any atom is 0.220 e. The van der Waals surface area contributed by atoms with Gasteiger partial charge in [0.15, 0.2) is 0 Å². The molecule has 2 N–H and O–H groups in total. The third kappa shape index (κ3) is 5.27. The molecule has 0 aliphatic carbocycles. The van der Waals surface area contributed by atoms with E-state index >= 15 is 0 Å².